The molecule has 0 aromatic carbocycles. The van der Waals surface area contributed by atoms with Gasteiger partial charge >= 0.3 is 0 Å². The molecule has 0 spiro atoms. The van der Waals surface area contributed by atoms with Crippen LogP contribution in [-0.4, -0.2) is 18.6 Å². The van der Waals surface area contributed by atoms with Crippen molar-refractivity contribution in [3.05, 3.63) is 22.8 Å². The minimum Gasteiger partial charge on any atom is -0.328 e. The summed E-state index contributed by atoms with van der Waals surface area (Å²) in [5, 5.41) is 3.83. The first-order chi connectivity index (χ1) is 14.7. The molecule has 0 aromatic heterocycles. The molecule has 5 rings (SSSR count). The first kappa shape index (κ1) is 22.2. The molecule has 2 nitrogen and oxygen atoms in total. The predicted molar refractivity (Wildman–Crippen MR) is 132 cm³/mol. The Hall–Kier alpha value is -0.600. The maximum atomic E-state index is 6.39. The summed E-state index contributed by atoms with van der Waals surface area (Å²) in [7, 11) is 0. The van der Waals surface area contributed by atoms with E-state index in [-0.39, 0.29) is 0 Å². The second-order valence-electron chi connectivity index (χ2n) is 13.0. The van der Waals surface area contributed by atoms with Gasteiger partial charge in [0.25, 0.3) is 0 Å². The molecule has 2 heteroatoms. The summed E-state index contributed by atoms with van der Waals surface area (Å²) < 4.78 is 0. The highest BCUT2D eigenvalue weighted by molar-refractivity contribution is 5.28. The molecule has 174 valence electrons. The van der Waals surface area contributed by atoms with Crippen LogP contribution in [0.2, 0.25) is 0 Å². The van der Waals surface area contributed by atoms with Gasteiger partial charge in [-0.3, -0.25) is 0 Å². The van der Waals surface area contributed by atoms with Crippen molar-refractivity contribution in [2.45, 2.75) is 111 Å². The molecule has 0 amide bonds. The van der Waals surface area contributed by atoms with Crippen LogP contribution in [0.5, 0.6) is 0 Å². The lowest BCUT2D eigenvalue weighted by Gasteiger charge is -2.58. The number of rotatable bonds is 3. The number of nitrogens with two attached hydrogens (primary N) is 1. The van der Waals surface area contributed by atoms with Gasteiger partial charge in [-0.15, -0.1) is 0 Å². The number of nitrogens with one attached hydrogen (secondary N) is 1. The van der Waals surface area contributed by atoms with Crippen LogP contribution >= 0.6 is 0 Å². The van der Waals surface area contributed by atoms with Crippen molar-refractivity contribution in [2.75, 3.05) is 6.54 Å². The Morgan fingerprint density at radius 3 is 2.61 bits per heavy atom. The van der Waals surface area contributed by atoms with E-state index >= 15 is 0 Å². The zero-order valence-electron chi connectivity index (χ0n) is 21.0. The lowest BCUT2D eigenvalue weighted by Crippen LogP contribution is -2.51. The molecule has 0 aromatic rings. The topological polar surface area (TPSA) is 38.0 Å². The summed E-state index contributed by atoms with van der Waals surface area (Å²) in [6.45, 7) is 13.7. The van der Waals surface area contributed by atoms with Crippen LogP contribution in [0.25, 0.3) is 0 Å². The highest BCUT2D eigenvalue weighted by atomic mass is 14.9. The van der Waals surface area contributed by atoms with Gasteiger partial charge in [0.15, 0.2) is 0 Å². The van der Waals surface area contributed by atoms with Gasteiger partial charge in [-0.25, -0.2) is 0 Å². The molecule has 5 aliphatic rings. The Bertz CT molecular complexity index is 761. The largest absolute Gasteiger partial charge is 0.328 e. The molecule has 1 saturated heterocycles. The van der Waals surface area contributed by atoms with E-state index < -0.39 is 0 Å². The van der Waals surface area contributed by atoms with Crippen molar-refractivity contribution < 1.29 is 0 Å². The summed E-state index contributed by atoms with van der Waals surface area (Å²) in [5.41, 5.74) is 12.6. The van der Waals surface area contributed by atoms with E-state index in [2.05, 4.69) is 46.0 Å². The number of allylic oxidation sites excluding steroid dienone is 3. The van der Waals surface area contributed by atoms with E-state index in [0.29, 0.717) is 22.9 Å². The lowest BCUT2D eigenvalue weighted by atomic mass is 9.47. The van der Waals surface area contributed by atoms with Gasteiger partial charge in [-0.1, -0.05) is 43.6 Å². The van der Waals surface area contributed by atoms with Crippen molar-refractivity contribution in [3.8, 4) is 0 Å². The highest BCUT2D eigenvalue weighted by Gasteiger charge is 2.58. The molecular formula is C29H48N2. The summed E-state index contributed by atoms with van der Waals surface area (Å²) in [5.74, 6) is 4.25. The van der Waals surface area contributed by atoms with Crippen LogP contribution in [0.1, 0.15) is 98.8 Å². The van der Waals surface area contributed by atoms with E-state index in [1.54, 1.807) is 11.1 Å². The van der Waals surface area contributed by atoms with Gasteiger partial charge in [0, 0.05) is 12.1 Å². The molecule has 4 fully saturated rings. The Morgan fingerprint density at radius 2 is 1.84 bits per heavy atom. The van der Waals surface area contributed by atoms with Gasteiger partial charge < -0.3 is 11.1 Å². The quantitative estimate of drug-likeness (QED) is 0.500. The fraction of sp³-hybridized carbons (Fsp3) is 0.862. The van der Waals surface area contributed by atoms with E-state index in [9.17, 15) is 0 Å². The van der Waals surface area contributed by atoms with E-state index in [1.807, 2.05) is 5.57 Å². The van der Waals surface area contributed by atoms with Crippen molar-refractivity contribution in [3.63, 3.8) is 0 Å². The van der Waals surface area contributed by atoms with Crippen molar-refractivity contribution in [1.82, 2.24) is 5.32 Å². The van der Waals surface area contributed by atoms with Crippen molar-refractivity contribution in [2.24, 2.45) is 46.2 Å². The second kappa shape index (κ2) is 8.01. The smallest absolute Gasteiger partial charge is 0.0285 e. The van der Waals surface area contributed by atoms with Crippen LogP contribution in [0, 0.1) is 40.4 Å². The molecule has 31 heavy (non-hydrogen) atoms. The Labute approximate surface area is 191 Å². The normalized spacial score (nSPS) is 47.9. The summed E-state index contributed by atoms with van der Waals surface area (Å²) >= 11 is 0. The Kier molecular flexibility index (Phi) is 5.74. The lowest BCUT2D eigenvalue weighted by molar-refractivity contribution is -0.0121. The van der Waals surface area contributed by atoms with Gasteiger partial charge in [0.1, 0.15) is 0 Å². The highest BCUT2D eigenvalue weighted by Crippen LogP contribution is 2.66. The zero-order valence-corrected chi connectivity index (χ0v) is 21.0. The third-order valence-electron chi connectivity index (χ3n) is 11.3. The molecule has 9 atom stereocenters. The van der Waals surface area contributed by atoms with Gasteiger partial charge in [-0.2, -0.15) is 0 Å². The van der Waals surface area contributed by atoms with E-state index in [1.165, 1.54) is 70.8 Å². The van der Waals surface area contributed by atoms with Gasteiger partial charge in [0.05, 0.1) is 0 Å². The summed E-state index contributed by atoms with van der Waals surface area (Å²) in [6.07, 6.45) is 16.3. The fourth-order valence-corrected chi connectivity index (χ4v) is 9.56. The molecule has 1 aliphatic heterocycles. The van der Waals surface area contributed by atoms with E-state index in [4.69, 9.17) is 5.73 Å². The minimum absolute atomic E-state index is 0.452. The SMILES string of the molecule is CC(C)=C1CCNC1CC(C)C1CCC2C3=CCC4CC(N)CCC4(C)C3CCC21C. The van der Waals surface area contributed by atoms with Crippen LogP contribution in [-0.2, 0) is 0 Å². The molecule has 1 heterocycles. The van der Waals surface area contributed by atoms with E-state index in [0.717, 1.165) is 29.6 Å². The molecular weight excluding hydrogens is 376 g/mol. The first-order valence-electron chi connectivity index (χ1n) is 13.6. The second-order valence-corrected chi connectivity index (χ2v) is 13.0. The molecule has 9 unspecified atom stereocenters. The number of fused-ring (bicyclic) bond motifs is 5. The number of hydrogen-bond donors (Lipinski definition) is 2. The van der Waals surface area contributed by atoms with Crippen LogP contribution < -0.4 is 11.1 Å². The van der Waals surface area contributed by atoms with Crippen LogP contribution in [0.4, 0.5) is 0 Å². The Balaban J connectivity index is 1.35. The minimum atomic E-state index is 0.452. The standard InChI is InChI=1S/C29H48N2/c1-18(2)22-12-15-31-27(22)16-19(3)24-8-9-25-23-7-6-20-17-21(30)10-13-28(20,4)26(23)11-14-29(24,25)5/h7,19-21,24-27,31H,6,8-17,30H2,1-5H3. The molecule has 3 saturated carbocycles. The molecule has 4 aliphatic carbocycles. The third-order valence-corrected chi connectivity index (χ3v) is 11.3. The summed E-state index contributed by atoms with van der Waals surface area (Å²) in [4.78, 5) is 0. The molecule has 0 radical (unpaired) electrons. The number of hydrogen-bond acceptors (Lipinski definition) is 2. The Morgan fingerprint density at radius 1 is 1.10 bits per heavy atom. The molecule has 0 bridgehead atoms. The summed E-state index contributed by atoms with van der Waals surface area (Å²) in [6, 6.07) is 1.09. The first-order valence-corrected chi connectivity index (χ1v) is 13.6. The van der Waals surface area contributed by atoms with Crippen LogP contribution in [0.15, 0.2) is 22.8 Å². The maximum Gasteiger partial charge on any atom is 0.0285 e. The molecule has 3 N–H and O–H groups in total. The van der Waals surface area contributed by atoms with Gasteiger partial charge in [-0.05, 0) is 125 Å². The average Bonchev–Trinajstić information content (AvgIpc) is 3.32. The van der Waals surface area contributed by atoms with Gasteiger partial charge in [0.2, 0.25) is 0 Å². The monoisotopic (exact) mass is 424 g/mol. The van der Waals surface area contributed by atoms with Crippen LogP contribution in [0.3, 0.4) is 0 Å². The third kappa shape index (κ3) is 3.50. The maximum absolute atomic E-state index is 6.39. The predicted octanol–water partition coefficient (Wildman–Crippen LogP) is 6.62. The fourth-order valence-electron chi connectivity index (χ4n) is 9.56. The zero-order chi connectivity index (χ0) is 22.0. The van der Waals surface area contributed by atoms with Crippen molar-refractivity contribution in [1.29, 1.82) is 0 Å². The van der Waals surface area contributed by atoms with Crippen molar-refractivity contribution >= 4 is 0 Å². The average molecular weight is 425 g/mol.